The molecule has 3 nitrogen and oxygen atoms in total. The summed E-state index contributed by atoms with van der Waals surface area (Å²) < 4.78 is 1.07. The van der Waals surface area contributed by atoms with Gasteiger partial charge in [-0.1, -0.05) is 19.3 Å². The first-order chi connectivity index (χ1) is 7.84. The molecule has 0 unspecified atom stereocenters. The minimum absolute atomic E-state index is 0.587. The van der Waals surface area contributed by atoms with E-state index < -0.39 is 0 Å². The summed E-state index contributed by atoms with van der Waals surface area (Å²) in [6.45, 7) is 0.641. The van der Waals surface area contributed by atoms with Crippen LogP contribution in [-0.2, 0) is 0 Å². The third-order valence-electron chi connectivity index (χ3n) is 3.16. The number of hydrogen-bond donors (Lipinski definition) is 0. The first-order valence-electron chi connectivity index (χ1n) is 6.03. The van der Waals surface area contributed by atoms with Crippen LogP contribution in [0, 0.1) is 11.1 Å². The molecule has 1 heterocycles. The molecule has 0 N–H and O–H groups in total. The van der Waals surface area contributed by atoms with Crippen molar-refractivity contribution in [3.05, 3.63) is 35.3 Å². The highest BCUT2D eigenvalue weighted by atomic mass is 16.5. The number of rotatable bonds is 3. The van der Waals surface area contributed by atoms with Crippen molar-refractivity contribution in [1.29, 1.82) is 0 Å². The van der Waals surface area contributed by atoms with Crippen LogP contribution in [-0.4, -0.2) is 22.5 Å². The number of hydroxylamine groups is 1. The number of aromatic nitrogens is 1. The van der Waals surface area contributed by atoms with Crippen LogP contribution in [0.1, 0.15) is 37.7 Å². The third-order valence-corrected chi connectivity index (χ3v) is 3.16. The second kappa shape index (κ2) is 5.64. The monoisotopic (exact) mass is 218 g/mol. The molecule has 1 aromatic heterocycles. The molecule has 0 saturated heterocycles. The maximum Gasteiger partial charge on any atom is 0.181 e. The standard InChI is InChI=1S/C13H18N2O/c16-15(10-12-4-2-1-3-5-12)11-13-6-8-14-9-7-13/h6-9,11-12H,1-5,10H2/b15-11-. The van der Waals surface area contributed by atoms with Crippen molar-refractivity contribution < 1.29 is 4.74 Å². The van der Waals surface area contributed by atoms with Crippen LogP contribution < -0.4 is 0 Å². The van der Waals surface area contributed by atoms with Crippen molar-refractivity contribution in [2.24, 2.45) is 5.92 Å². The zero-order valence-electron chi connectivity index (χ0n) is 9.51. The van der Waals surface area contributed by atoms with Gasteiger partial charge in [0.1, 0.15) is 0 Å². The van der Waals surface area contributed by atoms with Gasteiger partial charge >= 0.3 is 0 Å². The van der Waals surface area contributed by atoms with Crippen molar-refractivity contribution >= 4 is 6.21 Å². The molecule has 0 radical (unpaired) electrons. The molecule has 2 rings (SSSR count). The van der Waals surface area contributed by atoms with E-state index in [1.165, 1.54) is 32.1 Å². The quantitative estimate of drug-likeness (QED) is 0.338. The molecule has 0 amide bonds. The van der Waals surface area contributed by atoms with Crippen LogP contribution in [0.3, 0.4) is 0 Å². The van der Waals surface area contributed by atoms with Gasteiger partial charge in [-0.05, 0) is 25.0 Å². The maximum absolute atomic E-state index is 11.7. The van der Waals surface area contributed by atoms with Gasteiger partial charge < -0.3 is 5.21 Å². The van der Waals surface area contributed by atoms with Crippen LogP contribution in [0.15, 0.2) is 24.5 Å². The van der Waals surface area contributed by atoms with Crippen LogP contribution >= 0.6 is 0 Å². The summed E-state index contributed by atoms with van der Waals surface area (Å²) in [5.74, 6) is 0.587. The molecule has 1 aromatic rings. The van der Waals surface area contributed by atoms with Gasteiger partial charge in [0, 0.05) is 23.9 Å². The normalized spacial score (nSPS) is 18.6. The van der Waals surface area contributed by atoms with Gasteiger partial charge in [0.25, 0.3) is 0 Å². The Morgan fingerprint density at radius 1 is 1.25 bits per heavy atom. The van der Waals surface area contributed by atoms with E-state index in [0.29, 0.717) is 12.5 Å². The number of nitrogens with zero attached hydrogens (tertiary/aromatic N) is 2. The summed E-state index contributed by atoms with van der Waals surface area (Å²) in [5, 5.41) is 11.7. The molecule has 0 aromatic carbocycles. The maximum atomic E-state index is 11.7. The van der Waals surface area contributed by atoms with E-state index in [2.05, 4.69) is 4.98 Å². The highest BCUT2D eigenvalue weighted by Gasteiger charge is 2.16. The lowest BCUT2D eigenvalue weighted by Gasteiger charge is -2.20. The first-order valence-corrected chi connectivity index (χ1v) is 6.03. The Kier molecular flexibility index (Phi) is 3.91. The minimum Gasteiger partial charge on any atom is -0.624 e. The Morgan fingerprint density at radius 2 is 1.94 bits per heavy atom. The minimum atomic E-state index is 0.587. The second-order valence-corrected chi connectivity index (χ2v) is 4.51. The van der Waals surface area contributed by atoms with E-state index >= 15 is 0 Å². The lowest BCUT2D eigenvalue weighted by molar-refractivity contribution is -0.462. The lowest BCUT2D eigenvalue weighted by atomic mass is 9.89. The smallest absolute Gasteiger partial charge is 0.181 e. The zero-order chi connectivity index (χ0) is 11.2. The van der Waals surface area contributed by atoms with Crippen LogP contribution in [0.2, 0.25) is 0 Å². The van der Waals surface area contributed by atoms with Gasteiger partial charge in [-0.15, -0.1) is 0 Å². The fourth-order valence-corrected chi connectivity index (χ4v) is 2.29. The van der Waals surface area contributed by atoms with Gasteiger partial charge in [0.15, 0.2) is 12.8 Å². The predicted molar refractivity (Wildman–Crippen MR) is 64.5 cm³/mol. The van der Waals surface area contributed by atoms with Crippen molar-refractivity contribution in [1.82, 2.24) is 4.98 Å². The Morgan fingerprint density at radius 3 is 2.62 bits per heavy atom. The summed E-state index contributed by atoms with van der Waals surface area (Å²) >= 11 is 0. The molecule has 3 heteroatoms. The van der Waals surface area contributed by atoms with E-state index in [9.17, 15) is 5.21 Å². The van der Waals surface area contributed by atoms with E-state index in [0.717, 1.165) is 10.3 Å². The molecule has 0 aliphatic heterocycles. The Balaban J connectivity index is 1.91. The Bertz CT molecular complexity index is 342. The summed E-state index contributed by atoms with van der Waals surface area (Å²) in [4.78, 5) is 3.93. The Hall–Kier alpha value is -1.38. The fourth-order valence-electron chi connectivity index (χ4n) is 2.29. The summed E-state index contributed by atoms with van der Waals surface area (Å²) in [6, 6.07) is 3.71. The van der Waals surface area contributed by atoms with Crippen LogP contribution in [0.25, 0.3) is 0 Å². The molecule has 1 saturated carbocycles. The second-order valence-electron chi connectivity index (χ2n) is 4.51. The highest BCUT2D eigenvalue weighted by Crippen LogP contribution is 2.23. The van der Waals surface area contributed by atoms with E-state index in [1.807, 2.05) is 12.1 Å². The van der Waals surface area contributed by atoms with Gasteiger partial charge in [-0.25, -0.2) is 4.74 Å². The largest absolute Gasteiger partial charge is 0.624 e. The summed E-state index contributed by atoms with van der Waals surface area (Å²) in [7, 11) is 0. The average molecular weight is 218 g/mol. The summed E-state index contributed by atoms with van der Waals surface area (Å²) in [6.07, 6.45) is 11.4. The molecule has 86 valence electrons. The molecule has 1 fully saturated rings. The van der Waals surface area contributed by atoms with Crippen molar-refractivity contribution in [2.75, 3.05) is 6.54 Å². The predicted octanol–water partition coefficient (Wildman–Crippen LogP) is 2.59. The van der Waals surface area contributed by atoms with Gasteiger partial charge in [-0.2, -0.15) is 0 Å². The number of pyridine rings is 1. The van der Waals surface area contributed by atoms with Crippen LogP contribution in [0.5, 0.6) is 0 Å². The van der Waals surface area contributed by atoms with E-state index in [1.54, 1.807) is 18.6 Å². The van der Waals surface area contributed by atoms with Gasteiger partial charge in [0.2, 0.25) is 0 Å². The van der Waals surface area contributed by atoms with E-state index in [-0.39, 0.29) is 0 Å². The molecule has 1 aliphatic rings. The number of hydrogen-bond acceptors (Lipinski definition) is 2. The lowest BCUT2D eigenvalue weighted by Crippen LogP contribution is -2.19. The molecule has 0 atom stereocenters. The third kappa shape index (κ3) is 3.33. The van der Waals surface area contributed by atoms with Gasteiger partial charge in [0.05, 0.1) is 0 Å². The van der Waals surface area contributed by atoms with Crippen LogP contribution in [0.4, 0.5) is 0 Å². The Labute approximate surface area is 96.4 Å². The molecule has 0 spiro atoms. The van der Waals surface area contributed by atoms with Crippen molar-refractivity contribution in [3.8, 4) is 0 Å². The molecule has 0 bridgehead atoms. The SMILES string of the molecule is [O-]/[N+](=C\c1ccncc1)CC1CCCCC1. The first kappa shape index (κ1) is 11.1. The zero-order valence-corrected chi connectivity index (χ0v) is 9.51. The molecule has 16 heavy (non-hydrogen) atoms. The van der Waals surface area contributed by atoms with Crippen molar-refractivity contribution in [2.45, 2.75) is 32.1 Å². The topological polar surface area (TPSA) is 39.0 Å². The van der Waals surface area contributed by atoms with E-state index in [4.69, 9.17) is 0 Å². The molecular weight excluding hydrogens is 200 g/mol. The molecule has 1 aliphatic carbocycles. The molecular formula is C13H18N2O. The average Bonchev–Trinajstić information content (AvgIpc) is 2.31. The highest BCUT2D eigenvalue weighted by molar-refractivity contribution is 5.75. The summed E-state index contributed by atoms with van der Waals surface area (Å²) in [5.41, 5.74) is 0.931. The van der Waals surface area contributed by atoms with Crippen molar-refractivity contribution in [3.63, 3.8) is 0 Å². The fraction of sp³-hybridized carbons (Fsp3) is 0.538. The van der Waals surface area contributed by atoms with Gasteiger partial charge in [-0.3, -0.25) is 4.98 Å².